The fourth-order valence-corrected chi connectivity index (χ4v) is 3.04. The highest BCUT2D eigenvalue weighted by atomic mass is 79.9. The lowest BCUT2D eigenvalue weighted by Gasteiger charge is -2.19. The molecule has 0 fully saturated rings. The highest BCUT2D eigenvalue weighted by Gasteiger charge is 2.18. The maximum atomic E-state index is 12.7. The van der Waals surface area contributed by atoms with Gasteiger partial charge in [-0.2, -0.15) is 0 Å². The molecule has 0 aliphatic rings. The van der Waals surface area contributed by atoms with Crippen molar-refractivity contribution >= 4 is 33.4 Å². The monoisotopic (exact) mass is 441 g/mol. The number of methoxy groups -OCH3 is 1. The van der Waals surface area contributed by atoms with Crippen molar-refractivity contribution in [3.63, 3.8) is 0 Å². The van der Waals surface area contributed by atoms with Crippen molar-refractivity contribution in [1.29, 1.82) is 0 Å². The van der Waals surface area contributed by atoms with E-state index >= 15 is 0 Å². The molecule has 0 spiro atoms. The molecule has 5 nitrogen and oxygen atoms in total. The van der Waals surface area contributed by atoms with Gasteiger partial charge in [-0.05, 0) is 53.2 Å². The zero-order chi connectivity index (χ0) is 19.1. The fourth-order valence-electron chi connectivity index (χ4n) is 2.31. The minimum atomic E-state index is -0.137. The van der Waals surface area contributed by atoms with E-state index < -0.39 is 0 Å². The smallest absolute Gasteiger partial charge is 0.253 e. The Bertz CT molecular complexity index is 769. The van der Waals surface area contributed by atoms with Crippen LogP contribution in [-0.4, -0.2) is 44.7 Å². The van der Waals surface area contributed by atoms with Gasteiger partial charge in [0.25, 0.3) is 5.91 Å². The van der Waals surface area contributed by atoms with Crippen molar-refractivity contribution in [1.82, 2.24) is 4.90 Å². The van der Waals surface area contributed by atoms with Crippen molar-refractivity contribution in [2.45, 2.75) is 6.92 Å². The van der Waals surface area contributed by atoms with Crippen LogP contribution >= 0.6 is 27.5 Å². The first kappa shape index (κ1) is 20.4. The molecule has 0 bridgehead atoms. The molecular formula is C19H21BrClNO4. The lowest BCUT2D eigenvalue weighted by molar-refractivity contribution is 0.0773. The van der Waals surface area contributed by atoms with Crippen LogP contribution in [0.3, 0.4) is 0 Å². The number of hydrogen-bond acceptors (Lipinski definition) is 4. The van der Waals surface area contributed by atoms with E-state index in [1.807, 2.05) is 19.1 Å². The third-order valence-electron chi connectivity index (χ3n) is 3.60. The molecule has 0 atom stereocenters. The van der Waals surface area contributed by atoms with E-state index in [1.54, 1.807) is 43.3 Å². The van der Waals surface area contributed by atoms with E-state index in [9.17, 15) is 4.79 Å². The van der Waals surface area contributed by atoms with E-state index in [0.29, 0.717) is 52.1 Å². The quantitative estimate of drug-likeness (QED) is 0.596. The first-order chi connectivity index (χ1) is 12.5. The van der Waals surface area contributed by atoms with Crippen LogP contribution in [0.4, 0.5) is 0 Å². The van der Waals surface area contributed by atoms with Gasteiger partial charge < -0.3 is 19.1 Å². The Labute approximate surface area is 166 Å². The van der Waals surface area contributed by atoms with Crippen LogP contribution in [0.2, 0.25) is 5.02 Å². The molecule has 1 amide bonds. The third kappa shape index (κ3) is 5.29. The molecule has 0 aliphatic heterocycles. The van der Waals surface area contributed by atoms with Crippen LogP contribution in [0.1, 0.15) is 17.3 Å². The average Bonchev–Trinajstić information content (AvgIpc) is 2.62. The fraction of sp³-hybridized carbons (Fsp3) is 0.316. The molecule has 26 heavy (non-hydrogen) atoms. The molecule has 0 N–H and O–H groups in total. The van der Waals surface area contributed by atoms with Gasteiger partial charge in [0.15, 0.2) is 11.5 Å². The van der Waals surface area contributed by atoms with Crippen LogP contribution < -0.4 is 14.2 Å². The van der Waals surface area contributed by atoms with E-state index in [-0.39, 0.29) is 5.91 Å². The van der Waals surface area contributed by atoms with E-state index in [1.165, 1.54) is 0 Å². The van der Waals surface area contributed by atoms with Crippen LogP contribution in [0, 0.1) is 0 Å². The molecule has 0 unspecified atom stereocenters. The Morgan fingerprint density at radius 1 is 1.23 bits per heavy atom. The van der Waals surface area contributed by atoms with Crippen molar-refractivity contribution in [2.24, 2.45) is 0 Å². The summed E-state index contributed by atoms with van der Waals surface area (Å²) in [6.07, 6.45) is 0. The average molecular weight is 443 g/mol. The molecule has 0 saturated heterocycles. The second-order valence-corrected chi connectivity index (χ2v) is 6.75. The van der Waals surface area contributed by atoms with Crippen molar-refractivity contribution in [3.8, 4) is 17.2 Å². The zero-order valence-electron chi connectivity index (χ0n) is 14.9. The number of ether oxygens (including phenoxy) is 3. The molecular weight excluding hydrogens is 422 g/mol. The van der Waals surface area contributed by atoms with Crippen molar-refractivity contribution in [2.75, 3.05) is 33.9 Å². The van der Waals surface area contributed by atoms with Crippen molar-refractivity contribution in [3.05, 3.63) is 51.5 Å². The van der Waals surface area contributed by atoms with Crippen molar-refractivity contribution < 1.29 is 19.0 Å². The number of amides is 1. The van der Waals surface area contributed by atoms with Crippen LogP contribution in [0.25, 0.3) is 0 Å². The Balaban J connectivity index is 2.02. The molecule has 2 aromatic carbocycles. The minimum Gasteiger partial charge on any atom is -0.493 e. The topological polar surface area (TPSA) is 48.0 Å². The van der Waals surface area contributed by atoms with Crippen LogP contribution in [-0.2, 0) is 0 Å². The summed E-state index contributed by atoms with van der Waals surface area (Å²) >= 11 is 9.36. The number of carbonyl (C=O) groups excluding carboxylic acids is 1. The van der Waals surface area contributed by atoms with Gasteiger partial charge in [-0.3, -0.25) is 4.79 Å². The summed E-state index contributed by atoms with van der Waals surface area (Å²) in [6.45, 7) is 3.18. The number of rotatable bonds is 8. The number of benzene rings is 2. The number of hydrogen-bond donors (Lipinski definition) is 0. The van der Waals surface area contributed by atoms with E-state index in [0.717, 1.165) is 0 Å². The molecule has 2 aromatic rings. The van der Waals surface area contributed by atoms with Crippen LogP contribution in [0.15, 0.2) is 40.9 Å². The van der Waals surface area contributed by atoms with Gasteiger partial charge in [0.1, 0.15) is 12.4 Å². The summed E-state index contributed by atoms with van der Waals surface area (Å²) in [5, 5.41) is 0.610. The minimum absolute atomic E-state index is 0.137. The van der Waals surface area contributed by atoms with Gasteiger partial charge in [-0.15, -0.1) is 0 Å². The summed E-state index contributed by atoms with van der Waals surface area (Å²) in [4.78, 5) is 14.3. The van der Waals surface area contributed by atoms with Gasteiger partial charge >= 0.3 is 0 Å². The first-order valence-corrected chi connectivity index (χ1v) is 9.27. The summed E-state index contributed by atoms with van der Waals surface area (Å²) in [5.74, 6) is 1.62. The van der Waals surface area contributed by atoms with E-state index in [2.05, 4.69) is 15.9 Å². The summed E-state index contributed by atoms with van der Waals surface area (Å²) in [7, 11) is 3.27. The predicted molar refractivity (Wildman–Crippen MR) is 106 cm³/mol. The standard InChI is InChI=1S/C19H21BrClNO4/c1-4-25-18-16(20)10-13(11-17(18)24-3)19(23)22(2)8-9-26-15-7-5-6-14(21)12-15/h5-7,10-12H,4,8-9H2,1-3H3. The Morgan fingerprint density at radius 2 is 2.00 bits per heavy atom. The summed E-state index contributed by atoms with van der Waals surface area (Å²) in [5.41, 5.74) is 0.502. The molecule has 0 radical (unpaired) electrons. The highest BCUT2D eigenvalue weighted by molar-refractivity contribution is 9.10. The molecule has 140 valence electrons. The largest absolute Gasteiger partial charge is 0.493 e. The number of nitrogens with zero attached hydrogens (tertiary/aromatic N) is 1. The lowest BCUT2D eigenvalue weighted by Crippen LogP contribution is -2.31. The molecule has 0 heterocycles. The zero-order valence-corrected chi connectivity index (χ0v) is 17.3. The lowest BCUT2D eigenvalue weighted by atomic mass is 10.1. The maximum absolute atomic E-state index is 12.7. The SMILES string of the molecule is CCOc1c(Br)cc(C(=O)N(C)CCOc2cccc(Cl)c2)cc1OC. The number of carbonyl (C=O) groups is 1. The predicted octanol–water partition coefficient (Wildman–Crippen LogP) is 4.66. The number of likely N-dealkylation sites (N-methyl/N-ethyl adjacent to an activating group) is 1. The normalized spacial score (nSPS) is 10.3. The molecule has 0 aliphatic carbocycles. The Morgan fingerprint density at radius 3 is 2.65 bits per heavy atom. The Hall–Kier alpha value is -1.92. The summed E-state index contributed by atoms with van der Waals surface area (Å²) < 4.78 is 17.2. The maximum Gasteiger partial charge on any atom is 0.253 e. The van der Waals surface area contributed by atoms with Gasteiger partial charge in [-0.1, -0.05) is 17.7 Å². The third-order valence-corrected chi connectivity index (χ3v) is 4.43. The molecule has 2 rings (SSSR count). The molecule has 0 aromatic heterocycles. The van der Waals surface area contributed by atoms with Gasteiger partial charge in [-0.25, -0.2) is 0 Å². The Kier molecular flexibility index (Phi) is 7.60. The van der Waals surface area contributed by atoms with Gasteiger partial charge in [0.05, 0.1) is 24.7 Å². The van der Waals surface area contributed by atoms with Gasteiger partial charge in [0.2, 0.25) is 0 Å². The molecule has 0 saturated carbocycles. The summed E-state index contributed by atoms with van der Waals surface area (Å²) in [6, 6.07) is 10.5. The highest BCUT2D eigenvalue weighted by Crippen LogP contribution is 2.36. The van der Waals surface area contributed by atoms with Gasteiger partial charge in [0, 0.05) is 17.6 Å². The number of halogens is 2. The second-order valence-electron chi connectivity index (χ2n) is 5.46. The first-order valence-electron chi connectivity index (χ1n) is 8.10. The second kappa shape index (κ2) is 9.69. The molecule has 7 heteroatoms. The van der Waals surface area contributed by atoms with Crippen LogP contribution in [0.5, 0.6) is 17.2 Å². The van der Waals surface area contributed by atoms with E-state index in [4.69, 9.17) is 25.8 Å².